The third-order valence-corrected chi connectivity index (χ3v) is 13.5. The van der Waals surface area contributed by atoms with Crippen LogP contribution in [-0.4, -0.2) is 23.2 Å². The minimum Gasteiger partial charge on any atom is -0.500 e. The topological polar surface area (TPSA) is 38.9 Å². The van der Waals surface area contributed by atoms with E-state index in [9.17, 15) is 0 Å². The van der Waals surface area contributed by atoms with Crippen LogP contribution in [0.1, 0.15) is 44.7 Å². The molecule has 0 aliphatic heterocycles. The van der Waals surface area contributed by atoms with Gasteiger partial charge in [-0.1, -0.05) is 72.8 Å². The summed E-state index contributed by atoms with van der Waals surface area (Å²) in [6, 6.07) is 44.9. The van der Waals surface area contributed by atoms with Gasteiger partial charge in [0, 0.05) is 35.8 Å². The first kappa shape index (κ1) is 30.8. The van der Waals surface area contributed by atoms with Crippen LogP contribution in [0.2, 0.25) is 17.3 Å². The molecule has 8 aromatic rings. The summed E-state index contributed by atoms with van der Waals surface area (Å²) in [5.41, 5.74) is 10.4. The minimum atomic E-state index is -2.18. The van der Waals surface area contributed by atoms with Crippen molar-refractivity contribution in [1.29, 1.82) is 0 Å². The molecule has 267 valence electrons. The van der Waals surface area contributed by atoms with E-state index in [-0.39, 0.29) is 20.1 Å². The molecule has 3 nitrogen and oxygen atoms in total. The standard InChI is InChI=1S/C27H22NO.C21H22GeN.Ir/c1-17(2)20-12-13-28-25(15-20)22-9-11-26-24(14-22)23-10-8-21(16-27(23)29-26)19-6-4-18(3)5-7-19;1-16-10-11-18(14-20(16)17-8-6-5-7-9-17)21-13-12-19(15-23-21)22(2,3)4;/h4-8,10-17H,1-3H3;5-10,12-15H,1-4H3;/q2*-1;/i3D3;1D3;. The molecular formula is C48H44GeIrN2O-2. The predicted molar refractivity (Wildman–Crippen MR) is 222 cm³/mol. The Morgan fingerprint density at radius 3 is 2.11 bits per heavy atom. The largest absolute Gasteiger partial charge is 0.500 e. The molecule has 0 fully saturated rings. The van der Waals surface area contributed by atoms with E-state index in [1.54, 1.807) is 18.2 Å². The molecule has 5 aromatic carbocycles. The summed E-state index contributed by atoms with van der Waals surface area (Å²) < 4.78 is 53.6. The van der Waals surface area contributed by atoms with Crippen LogP contribution in [0.5, 0.6) is 0 Å². The first-order valence-electron chi connectivity index (χ1n) is 20.5. The van der Waals surface area contributed by atoms with Gasteiger partial charge in [0.25, 0.3) is 0 Å². The summed E-state index contributed by atoms with van der Waals surface area (Å²) in [6.45, 7) is 0.0595. The number of fused-ring (bicyclic) bond motifs is 3. The fourth-order valence-corrected chi connectivity index (χ4v) is 8.33. The molecule has 0 aliphatic carbocycles. The molecule has 0 saturated heterocycles. The minimum absolute atomic E-state index is 0. The number of furan rings is 1. The van der Waals surface area contributed by atoms with Crippen molar-refractivity contribution in [3.05, 3.63) is 163 Å². The first-order valence-corrected chi connectivity index (χ1v) is 24.8. The summed E-state index contributed by atoms with van der Waals surface area (Å²) in [6.07, 6.45) is 3.81. The number of aryl methyl sites for hydroxylation is 2. The van der Waals surface area contributed by atoms with Crippen LogP contribution < -0.4 is 4.40 Å². The molecule has 0 bridgehead atoms. The summed E-state index contributed by atoms with van der Waals surface area (Å²) in [4.78, 5) is 9.16. The third kappa shape index (κ3) is 8.63. The Labute approximate surface area is 338 Å². The second kappa shape index (κ2) is 16.2. The van der Waals surface area contributed by atoms with E-state index in [2.05, 4.69) is 77.5 Å². The van der Waals surface area contributed by atoms with Gasteiger partial charge in [-0.15, -0.1) is 23.8 Å². The maximum Gasteiger partial charge on any atom is 0.121 e. The van der Waals surface area contributed by atoms with Gasteiger partial charge >= 0.3 is 146 Å². The molecule has 3 aromatic heterocycles. The molecule has 8 rings (SSSR count). The van der Waals surface area contributed by atoms with Gasteiger partial charge in [-0.3, -0.25) is 0 Å². The molecule has 5 heteroatoms. The van der Waals surface area contributed by atoms with Gasteiger partial charge in [-0.2, -0.15) is 0 Å². The Morgan fingerprint density at radius 1 is 0.660 bits per heavy atom. The van der Waals surface area contributed by atoms with E-state index in [1.807, 2.05) is 91.3 Å². The number of aromatic nitrogens is 2. The Kier molecular flexibility index (Phi) is 9.41. The average molecular weight is 936 g/mol. The van der Waals surface area contributed by atoms with Gasteiger partial charge in [0.2, 0.25) is 0 Å². The van der Waals surface area contributed by atoms with Crippen LogP contribution in [0.3, 0.4) is 0 Å². The zero-order valence-corrected chi connectivity index (χ0v) is 34.9. The average Bonchev–Trinajstić information content (AvgIpc) is 3.57. The second-order valence-electron chi connectivity index (χ2n) is 14.4. The monoisotopic (exact) mass is 937 g/mol. The van der Waals surface area contributed by atoms with E-state index < -0.39 is 27.0 Å². The van der Waals surface area contributed by atoms with Crippen LogP contribution in [0.4, 0.5) is 0 Å². The van der Waals surface area contributed by atoms with Gasteiger partial charge in [0.05, 0.1) is 5.58 Å². The van der Waals surface area contributed by atoms with E-state index in [4.69, 9.17) is 12.6 Å². The molecule has 0 unspecified atom stereocenters. The van der Waals surface area contributed by atoms with E-state index in [0.717, 1.165) is 61.1 Å². The molecular weight excluding hydrogens is 885 g/mol. The molecule has 0 spiro atoms. The van der Waals surface area contributed by atoms with Crippen LogP contribution in [0.25, 0.3) is 66.7 Å². The molecule has 1 radical (unpaired) electrons. The number of hydrogen-bond acceptors (Lipinski definition) is 3. The van der Waals surface area contributed by atoms with Crippen molar-refractivity contribution < 1.29 is 32.7 Å². The van der Waals surface area contributed by atoms with Gasteiger partial charge < -0.3 is 9.40 Å². The Bertz CT molecular complexity index is 2700. The van der Waals surface area contributed by atoms with Crippen molar-refractivity contribution in [2.45, 2.75) is 50.7 Å². The van der Waals surface area contributed by atoms with Crippen LogP contribution >= 0.6 is 0 Å². The molecule has 0 amide bonds. The second-order valence-corrected chi connectivity index (χ2v) is 25.0. The number of nitrogens with zero attached hydrogens (tertiary/aromatic N) is 2. The zero-order chi connectivity index (χ0) is 41.4. The quantitative estimate of drug-likeness (QED) is 0.123. The fraction of sp³-hybridized carbons (Fsp3) is 0.167. The van der Waals surface area contributed by atoms with Gasteiger partial charge in [0.15, 0.2) is 0 Å². The Balaban J connectivity index is 0.000000199. The van der Waals surface area contributed by atoms with Gasteiger partial charge in [0.1, 0.15) is 5.58 Å². The zero-order valence-electron chi connectivity index (χ0n) is 36.4. The smallest absolute Gasteiger partial charge is 0.121 e. The fourth-order valence-electron chi connectivity index (χ4n) is 6.16. The summed E-state index contributed by atoms with van der Waals surface area (Å²) in [5, 5.41) is 2.05. The molecule has 3 heterocycles. The maximum absolute atomic E-state index is 7.84. The molecule has 0 saturated carbocycles. The van der Waals surface area contributed by atoms with Crippen LogP contribution in [0.15, 0.2) is 138 Å². The molecule has 0 atom stereocenters. The summed E-state index contributed by atoms with van der Waals surface area (Å²) in [5.74, 6) is 7.44. The third-order valence-electron chi connectivity index (χ3n) is 9.29. The van der Waals surface area contributed by atoms with Gasteiger partial charge in [-0.25, -0.2) is 0 Å². The van der Waals surface area contributed by atoms with Crippen molar-refractivity contribution in [3.63, 3.8) is 0 Å². The number of rotatable bonds is 6. The van der Waals surface area contributed by atoms with E-state index in [1.165, 1.54) is 9.96 Å². The number of pyridine rings is 2. The van der Waals surface area contributed by atoms with E-state index in [0.29, 0.717) is 22.6 Å². The SMILES string of the molecule is [2H]C([2H])([2H])c1c[c-]c(-c2cc[c]([Ge]([CH3])([CH3])[CH3])cn2)cc1-c1ccccc1.[2H]C([2H])([2H])c1ccc(-c2ccc3c(c2)oc2c[c-]c(-c4cc(C(C)C)ccn4)cc23)cc1.[Ir]. The van der Waals surface area contributed by atoms with Crippen molar-refractivity contribution in [3.8, 4) is 44.8 Å². The Morgan fingerprint density at radius 2 is 1.42 bits per heavy atom. The Hall–Kier alpha value is -4.61. The van der Waals surface area contributed by atoms with Crippen molar-refractivity contribution in [2.75, 3.05) is 0 Å². The van der Waals surface area contributed by atoms with Crippen molar-refractivity contribution in [2.24, 2.45) is 0 Å². The first-order chi connectivity index (χ1) is 27.5. The normalized spacial score (nSPS) is 13.5. The van der Waals surface area contributed by atoms with Crippen LogP contribution in [0, 0.1) is 25.8 Å². The van der Waals surface area contributed by atoms with E-state index >= 15 is 0 Å². The maximum atomic E-state index is 7.84. The van der Waals surface area contributed by atoms with Crippen LogP contribution in [-0.2, 0) is 20.1 Å². The molecule has 0 aliphatic rings. The summed E-state index contributed by atoms with van der Waals surface area (Å²) in [7, 11) is 0. The van der Waals surface area contributed by atoms with Crippen molar-refractivity contribution in [1.82, 2.24) is 9.97 Å². The molecule has 53 heavy (non-hydrogen) atoms. The predicted octanol–water partition coefficient (Wildman–Crippen LogP) is 12.6. The van der Waals surface area contributed by atoms with Gasteiger partial charge in [-0.05, 0) is 41.7 Å². The number of benzene rings is 5. The molecule has 0 N–H and O–H groups in total. The summed E-state index contributed by atoms with van der Waals surface area (Å²) >= 11 is -1.91. The number of hydrogen-bond donors (Lipinski definition) is 0. The van der Waals surface area contributed by atoms with Crippen molar-refractivity contribution >= 4 is 39.6 Å².